The number of nitrogens with two attached hydrogens (primary N) is 1. The highest BCUT2D eigenvalue weighted by atomic mass is 19.4. The van der Waals surface area contributed by atoms with Crippen LogP contribution in [0.15, 0.2) is 67.1 Å². The van der Waals surface area contributed by atoms with E-state index in [1.165, 1.54) is 36.4 Å². The maximum absolute atomic E-state index is 13.0. The molecule has 202 valence electrons. The molecule has 0 radical (unpaired) electrons. The average molecular weight is 540 g/mol. The number of nitrogens with one attached hydrogen (secondary N) is 1. The Bertz CT molecular complexity index is 1530. The Hall–Kier alpha value is -4.78. The summed E-state index contributed by atoms with van der Waals surface area (Å²) in [5.41, 5.74) is 7.05. The lowest BCUT2D eigenvalue weighted by molar-refractivity contribution is -0.137. The first-order chi connectivity index (χ1) is 18.6. The maximum Gasteiger partial charge on any atom is 0.416 e. The van der Waals surface area contributed by atoms with Crippen molar-refractivity contribution in [3.63, 3.8) is 0 Å². The quantitative estimate of drug-likeness (QED) is 0.326. The van der Waals surface area contributed by atoms with Gasteiger partial charge in [0.2, 0.25) is 5.91 Å². The molecule has 3 N–H and O–H groups in total. The van der Waals surface area contributed by atoms with Gasteiger partial charge in [0, 0.05) is 50.0 Å². The first-order valence-corrected chi connectivity index (χ1v) is 11.6. The fourth-order valence-electron chi connectivity index (χ4n) is 3.74. The zero-order valence-corrected chi connectivity index (χ0v) is 20.9. The molecule has 3 heterocycles. The molecule has 4 rings (SSSR count). The van der Waals surface area contributed by atoms with Crippen molar-refractivity contribution >= 4 is 29.0 Å². The van der Waals surface area contributed by atoms with Crippen LogP contribution in [0.1, 0.15) is 21.7 Å². The van der Waals surface area contributed by atoms with E-state index in [1.807, 2.05) is 0 Å². The largest absolute Gasteiger partial charge is 0.416 e. The van der Waals surface area contributed by atoms with Crippen molar-refractivity contribution in [3.05, 3.63) is 84.1 Å². The first kappa shape index (κ1) is 27.3. The van der Waals surface area contributed by atoms with Crippen molar-refractivity contribution in [2.75, 3.05) is 31.8 Å². The number of pyridine rings is 1. The van der Waals surface area contributed by atoms with E-state index in [9.17, 15) is 22.8 Å². The van der Waals surface area contributed by atoms with Crippen LogP contribution in [0.4, 0.5) is 24.8 Å². The number of aromatic nitrogens is 4. The highest BCUT2D eigenvalue weighted by molar-refractivity contribution is 6.04. The normalized spacial score (nSPS) is 11.7. The summed E-state index contributed by atoms with van der Waals surface area (Å²) in [5.74, 6) is -0.344. The molecular weight excluding hydrogens is 515 g/mol. The van der Waals surface area contributed by atoms with Crippen LogP contribution >= 0.6 is 0 Å². The molecular formula is C26H24F3N7O3. The number of hydrogen-bond acceptors (Lipinski definition) is 7. The highest BCUT2D eigenvalue weighted by Crippen LogP contribution is 2.31. The number of fused-ring (bicyclic) bond motifs is 1. The van der Waals surface area contributed by atoms with E-state index in [0.29, 0.717) is 29.2 Å². The van der Waals surface area contributed by atoms with Gasteiger partial charge >= 0.3 is 6.18 Å². The number of benzene rings is 1. The SMILES string of the molecule is COC/C=C/C(=O)N(C)Cc1nc(-c2ccc(C(=O)Nc3cc(C(F)(F)F)ccn3)cc2)c2c(N)nccn12. The molecule has 0 aliphatic rings. The fourth-order valence-corrected chi connectivity index (χ4v) is 3.74. The third-order valence-corrected chi connectivity index (χ3v) is 5.68. The number of rotatable bonds is 8. The minimum atomic E-state index is -4.56. The number of nitrogens with zero attached hydrogens (tertiary/aromatic N) is 5. The number of likely N-dealkylation sites (N-methyl/N-ethyl adjacent to an activating group) is 1. The fraction of sp³-hybridized carbons (Fsp3) is 0.192. The molecule has 2 amide bonds. The molecule has 0 spiro atoms. The predicted octanol–water partition coefficient (Wildman–Crippen LogP) is 3.81. The minimum absolute atomic E-state index is 0.172. The number of carbonyl (C=O) groups is 2. The van der Waals surface area contributed by atoms with Crippen LogP contribution in [0.5, 0.6) is 0 Å². The Morgan fingerprint density at radius 2 is 1.90 bits per heavy atom. The van der Waals surface area contributed by atoms with Gasteiger partial charge in [0.25, 0.3) is 5.91 Å². The van der Waals surface area contributed by atoms with Crippen molar-refractivity contribution in [3.8, 4) is 11.3 Å². The lowest BCUT2D eigenvalue weighted by Crippen LogP contribution is -2.25. The van der Waals surface area contributed by atoms with Crippen molar-refractivity contribution in [2.24, 2.45) is 0 Å². The van der Waals surface area contributed by atoms with Crippen molar-refractivity contribution in [1.82, 2.24) is 24.3 Å². The third-order valence-electron chi connectivity index (χ3n) is 5.68. The molecule has 3 aromatic heterocycles. The molecule has 0 unspecified atom stereocenters. The number of carbonyl (C=O) groups excluding carboxylic acids is 2. The molecule has 0 saturated carbocycles. The van der Waals surface area contributed by atoms with Gasteiger partial charge in [0.1, 0.15) is 28.7 Å². The summed E-state index contributed by atoms with van der Waals surface area (Å²) >= 11 is 0. The van der Waals surface area contributed by atoms with Crippen LogP contribution in [-0.4, -0.2) is 56.8 Å². The van der Waals surface area contributed by atoms with Gasteiger partial charge in [-0.1, -0.05) is 18.2 Å². The zero-order valence-electron chi connectivity index (χ0n) is 20.9. The number of hydrogen-bond donors (Lipinski definition) is 2. The summed E-state index contributed by atoms with van der Waals surface area (Å²) in [7, 11) is 3.17. The van der Waals surface area contributed by atoms with Crippen LogP contribution < -0.4 is 11.1 Å². The van der Waals surface area contributed by atoms with Crippen molar-refractivity contribution < 1.29 is 27.5 Å². The number of nitrogen functional groups attached to an aromatic ring is 1. The molecule has 0 atom stereocenters. The zero-order chi connectivity index (χ0) is 28.2. The summed E-state index contributed by atoms with van der Waals surface area (Å²) in [4.78, 5) is 39.2. The van der Waals surface area contributed by atoms with Crippen LogP contribution in [0.2, 0.25) is 0 Å². The standard InChI is InChI=1S/C26H24F3N7O3/c1-35(21(37)4-3-13-39-2)15-20-34-22(23-24(30)32-11-12-36(20)23)16-5-7-17(8-6-16)25(38)33-19-14-18(9-10-31-19)26(27,28)29/h3-12,14H,13,15H2,1-2H3,(H2,30,32)(H,31,33,38)/b4-3+. The van der Waals surface area contributed by atoms with Crippen LogP contribution in [0.25, 0.3) is 16.8 Å². The van der Waals surface area contributed by atoms with E-state index < -0.39 is 17.6 Å². The van der Waals surface area contributed by atoms with Gasteiger partial charge in [-0.15, -0.1) is 0 Å². The second-order valence-corrected chi connectivity index (χ2v) is 8.42. The van der Waals surface area contributed by atoms with Gasteiger partial charge < -0.3 is 20.7 Å². The van der Waals surface area contributed by atoms with E-state index in [4.69, 9.17) is 15.5 Å². The van der Waals surface area contributed by atoms with Crippen molar-refractivity contribution in [1.29, 1.82) is 0 Å². The van der Waals surface area contributed by atoms with Gasteiger partial charge in [-0.2, -0.15) is 13.2 Å². The van der Waals surface area contributed by atoms with E-state index in [-0.39, 0.29) is 29.7 Å². The number of methoxy groups -OCH3 is 1. The van der Waals surface area contributed by atoms with Gasteiger partial charge in [0.05, 0.1) is 18.7 Å². The van der Waals surface area contributed by atoms with E-state index in [0.717, 1.165) is 18.3 Å². The Morgan fingerprint density at radius 1 is 1.15 bits per heavy atom. The second-order valence-electron chi connectivity index (χ2n) is 8.42. The molecule has 13 heteroatoms. The van der Waals surface area contributed by atoms with Gasteiger partial charge in [-0.05, 0) is 24.3 Å². The molecule has 10 nitrogen and oxygen atoms in total. The molecule has 0 aliphatic heterocycles. The predicted molar refractivity (Wildman–Crippen MR) is 138 cm³/mol. The first-order valence-electron chi connectivity index (χ1n) is 11.6. The van der Waals surface area contributed by atoms with Gasteiger partial charge in [0.15, 0.2) is 0 Å². The monoisotopic (exact) mass is 539 g/mol. The van der Waals surface area contributed by atoms with Gasteiger partial charge in [-0.25, -0.2) is 15.0 Å². The van der Waals surface area contributed by atoms with E-state index in [2.05, 4.69) is 15.3 Å². The summed E-state index contributed by atoms with van der Waals surface area (Å²) < 4.78 is 45.5. The number of anilines is 2. The lowest BCUT2D eigenvalue weighted by atomic mass is 10.1. The molecule has 0 bridgehead atoms. The smallest absolute Gasteiger partial charge is 0.382 e. The number of amides is 2. The molecule has 39 heavy (non-hydrogen) atoms. The van der Waals surface area contributed by atoms with E-state index in [1.54, 1.807) is 35.9 Å². The van der Waals surface area contributed by atoms with E-state index >= 15 is 0 Å². The highest BCUT2D eigenvalue weighted by Gasteiger charge is 2.31. The topological polar surface area (TPSA) is 128 Å². The second kappa shape index (κ2) is 11.3. The minimum Gasteiger partial charge on any atom is -0.382 e. The molecule has 0 aliphatic carbocycles. The van der Waals surface area contributed by atoms with Crippen LogP contribution in [0.3, 0.4) is 0 Å². The molecule has 0 fully saturated rings. The Kier molecular flexibility index (Phi) is 7.91. The van der Waals surface area contributed by atoms with Gasteiger partial charge in [-0.3, -0.25) is 14.0 Å². The van der Waals surface area contributed by atoms with Crippen LogP contribution in [-0.2, 0) is 22.3 Å². The lowest BCUT2D eigenvalue weighted by Gasteiger charge is -2.14. The van der Waals surface area contributed by atoms with Crippen molar-refractivity contribution in [2.45, 2.75) is 12.7 Å². The molecule has 4 aromatic rings. The number of ether oxygens (including phenoxy) is 1. The summed E-state index contributed by atoms with van der Waals surface area (Å²) in [6.45, 7) is 0.480. The van der Waals surface area contributed by atoms with Crippen LogP contribution in [0, 0.1) is 0 Å². The molecule has 0 saturated heterocycles. The average Bonchev–Trinajstić information content (AvgIpc) is 3.28. The Balaban J connectivity index is 1.58. The third kappa shape index (κ3) is 6.21. The maximum atomic E-state index is 13.0. The Labute approximate surface area is 221 Å². The Morgan fingerprint density at radius 3 is 2.59 bits per heavy atom. The number of halogens is 3. The summed E-state index contributed by atoms with van der Waals surface area (Å²) in [6, 6.07) is 7.86. The summed E-state index contributed by atoms with van der Waals surface area (Å²) in [5, 5.41) is 2.37. The summed E-state index contributed by atoms with van der Waals surface area (Å²) in [6.07, 6.45) is 2.64. The number of alkyl halides is 3. The molecule has 1 aromatic carbocycles. The number of imidazole rings is 1.